The predicted octanol–water partition coefficient (Wildman–Crippen LogP) is 4.34. The Balaban J connectivity index is 1.18. The molecule has 40 heavy (non-hydrogen) atoms. The van der Waals surface area contributed by atoms with E-state index in [-0.39, 0.29) is 36.4 Å². The van der Waals surface area contributed by atoms with Crippen molar-refractivity contribution in [2.75, 3.05) is 37.4 Å². The number of nitrogens with zero attached hydrogens (tertiary/aromatic N) is 6. The maximum Gasteiger partial charge on any atom is 0.270 e. The summed E-state index contributed by atoms with van der Waals surface area (Å²) in [6.45, 7) is 1.50. The minimum Gasteiger partial charge on any atom is -0.382 e. The van der Waals surface area contributed by atoms with Crippen molar-refractivity contribution in [1.82, 2.24) is 24.3 Å². The van der Waals surface area contributed by atoms with Gasteiger partial charge in [-0.05, 0) is 25.0 Å². The lowest BCUT2D eigenvalue weighted by Crippen LogP contribution is -2.40. The zero-order valence-electron chi connectivity index (χ0n) is 21.6. The second kappa shape index (κ2) is 9.19. The van der Waals surface area contributed by atoms with Crippen LogP contribution in [0.25, 0.3) is 16.6 Å². The molecule has 1 aromatic carbocycles. The summed E-state index contributed by atoms with van der Waals surface area (Å²) < 4.78 is 49.6. The standard InChI is InChI=1S/C28H26F3N7O2/c1-36(28(39)17-6-21-19(7-18(17)29)35-27(32)22-8-33-13-38(21)22)23-12-40-11-20-16(23)4-5-24(34-20)37-9-14-2-3-15(10-37)25(14)26(30)31/h4-8,13-15,23H,2-3,9-12H2,1H3,(H2,32,35). The second-order valence-corrected chi connectivity index (χ2v) is 10.7. The number of carbonyl (C=O) groups excluding carboxylic acids is 1. The third kappa shape index (κ3) is 3.80. The van der Waals surface area contributed by atoms with E-state index < -0.39 is 23.8 Å². The van der Waals surface area contributed by atoms with Gasteiger partial charge in [0.25, 0.3) is 12.0 Å². The Morgan fingerprint density at radius 1 is 1.12 bits per heavy atom. The SMILES string of the molecule is CN(C(=O)c1cc2c(cc1F)nc(N)c1cncn12)C1COCc2nc(N3CC4CCC(C3)C4=C(F)F)ccc21. The number of carbonyl (C=O) groups is 1. The Labute approximate surface area is 227 Å². The molecule has 3 aromatic heterocycles. The number of amides is 1. The van der Waals surface area contributed by atoms with Gasteiger partial charge in [0.05, 0.1) is 54.1 Å². The molecule has 206 valence electrons. The van der Waals surface area contributed by atoms with Gasteiger partial charge in [-0.25, -0.2) is 19.3 Å². The van der Waals surface area contributed by atoms with Gasteiger partial charge in [0.1, 0.15) is 23.0 Å². The van der Waals surface area contributed by atoms with Gasteiger partial charge in [0, 0.05) is 49.2 Å². The molecule has 1 saturated heterocycles. The van der Waals surface area contributed by atoms with Crippen molar-refractivity contribution in [3.63, 3.8) is 0 Å². The first-order chi connectivity index (χ1) is 19.3. The molecule has 4 aromatic rings. The normalized spacial score (nSPS) is 22.1. The lowest BCUT2D eigenvalue weighted by molar-refractivity contribution is 0.0328. The highest BCUT2D eigenvalue weighted by atomic mass is 19.3. The number of likely N-dealkylation sites (N-methyl/N-ethyl adjacent to an activating group) is 1. The summed E-state index contributed by atoms with van der Waals surface area (Å²) in [5.74, 6) is -0.604. The molecule has 5 heterocycles. The number of nitrogen functional groups attached to an aromatic ring is 1. The molecular weight excluding hydrogens is 523 g/mol. The molecular formula is C28H26F3N7O2. The van der Waals surface area contributed by atoms with Gasteiger partial charge in [0.2, 0.25) is 0 Å². The summed E-state index contributed by atoms with van der Waals surface area (Å²) in [7, 11) is 1.61. The van der Waals surface area contributed by atoms with E-state index in [0.29, 0.717) is 46.7 Å². The number of piperidine rings is 1. The van der Waals surface area contributed by atoms with E-state index in [9.17, 15) is 13.6 Å². The van der Waals surface area contributed by atoms with E-state index in [1.165, 1.54) is 17.0 Å². The number of fused-ring (bicyclic) bond motifs is 6. The number of pyridine rings is 1. The average Bonchev–Trinajstić information content (AvgIpc) is 3.54. The summed E-state index contributed by atoms with van der Waals surface area (Å²) >= 11 is 0. The summed E-state index contributed by atoms with van der Waals surface area (Å²) in [5, 5.41) is 0. The molecule has 2 fully saturated rings. The van der Waals surface area contributed by atoms with Gasteiger partial charge >= 0.3 is 0 Å². The highest BCUT2D eigenvalue weighted by molar-refractivity contribution is 5.98. The molecule has 2 bridgehead atoms. The van der Waals surface area contributed by atoms with Crippen molar-refractivity contribution in [1.29, 1.82) is 0 Å². The first kappa shape index (κ1) is 24.8. The average molecular weight is 550 g/mol. The lowest BCUT2D eigenvalue weighted by atomic mass is 9.92. The van der Waals surface area contributed by atoms with Crippen LogP contribution in [0.2, 0.25) is 0 Å². The van der Waals surface area contributed by atoms with Crippen molar-refractivity contribution in [3.05, 3.63) is 71.1 Å². The Morgan fingerprint density at radius 2 is 1.90 bits per heavy atom. The van der Waals surface area contributed by atoms with E-state index >= 15 is 4.39 Å². The Hall–Kier alpha value is -4.19. The van der Waals surface area contributed by atoms with Crippen LogP contribution >= 0.6 is 0 Å². The highest BCUT2D eigenvalue weighted by Gasteiger charge is 2.41. The third-order valence-electron chi connectivity index (χ3n) is 8.52. The monoisotopic (exact) mass is 549 g/mol. The minimum absolute atomic E-state index is 0.110. The number of ether oxygens (including phenoxy) is 1. The third-order valence-corrected chi connectivity index (χ3v) is 8.52. The van der Waals surface area contributed by atoms with Crippen LogP contribution in [0.3, 0.4) is 0 Å². The van der Waals surface area contributed by atoms with Gasteiger partial charge in [-0.15, -0.1) is 0 Å². The molecule has 7 rings (SSSR count). The molecule has 0 spiro atoms. The van der Waals surface area contributed by atoms with E-state index in [0.717, 1.165) is 18.4 Å². The van der Waals surface area contributed by atoms with E-state index in [1.54, 1.807) is 24.0 Å². The number of imidazole rings is 1. The Bertz CT molecular complexity index is 1700. The zero-order valence-corrected chi connectivity index (χ0v) is 21.6. The van der Waals surface area contributed by atoms with E-state index in [1.807, 2.05) is 12.1 Å². The molecule has 2 aliphatic heterocycles. The smallest absolute Gasteiger partial charge is 0.270 e. The largest absolute Gasteiger partial charge is 0.382 e. The van der Waals surface area contributed by atoms with Gasteiger partial charge < -0.3 is 20.3 Å². The summed E-state index contributed by atoms with van der Waals surface area (Å²) in [6, 6.07) is 5.96. The number of hydrogen-bond donors (Lipinski definition) is 1. The van der Waals surface area contributed by atoms with Crippen molar-refractivity contribution in [3.8, 4) is 0 Å². The van der Waals surface area contributed by atoms with Crippen molar-refractivity contribution in [2.45, 2.75) is 25.5 Å². The molecule has 3 aliphatic rings. The summed E-state index contributed by atoms with van der Waals surface area (Å²) in [5.41, 5.74) is 9.05. The van der Waals surface area contributed by atoms with Gasteiger partial charge in [-0.1, -0.05) is 6.07 Å². The fourth-order valence-electron chi connectivity index (χ4n) is 6.49. The van der Waals surface area contributed by atoms with Crippen LogP contribution in [0, 0.1) is 17.7 Å². The summed E-state index contributed by atoms with van der Waals surface area (Å²) in [4.78, 5) is 30.3. The molecule has 3 atom stereocenters. The number of anilines is 2. The molecule has 12 heteroatoms. The van der Waals surface area contributed by atoms with E-state index in [4.69, 9.17) is 15.5 Å². The van der Waals surface area contributed by atoms with Crippen LogP contribution in [0.15, 0.2) is 48.4 Å². The number of rotatable bonds is 3. The van der Waals surface area contributed by atoms with Crippen LogP contribution in [0.5, 0.6) is 0 Å². The highest BCUT2D eigenvalue weighted by Crippen LogP contribution is 2.45. The number of halogens is 3. The van der Waals surface area contributed by atoms with Crippen LogP contribution in [-0.4, -0.2) is 56.9 Å². The molecule has 2 N–H and O–H groups in total. The second-order valence-electron chi connectivity index (χ2n) is 10.7. The Morgan fingerprint density at radius 3 is 2.65 bits per heavy atom. The molecule has 0 radical (unpaired) electrons. The molecule has 1 aliphatic carbocycles. The van der Waals surface area contributed by atoms with Crippen LogP contribution in [0.4, 0.5) is 24.8 Å². The number of benzene rings is 1. The quantitative estimate of drug-likeness (QED) is 0.406. The summed E-state index contributed by atoms with van der Waals surface area (Å²) in [6.07, 6.45) is 3.09. The number of hydrogen-bond acceptors (Lipinski definition) is 7. The fraction of sp³-hybridized carbons (Fsp3) is 0.357. The maximum atomic E-state index is 15.2. The predicted molar refractivity (Wildman–Crippen MR) is 141 cm³/mol. The van der Waals surface area contributed by atoms with Crippen LogP contribution < -0.4 is 10.6 Å². The van der Waals surface area contributed by atoms with Crippen molar-refractivity contribution >= 4 is 34.1 Å². The maximum absolute atomic E-state index is 15.2. The molecule has 9 nitrogen and oxygen atoms in total. The molecule has 1 amide bonds. The number of aromatic nitrogens is 4. The van der Waals surface area contributed by atoms with Gasteiger partial charge in [0.15, 0.2) is 0 Å². The van der Waals surface area contributed by atoms with Crippen LogP contribution in [-0.2, 0) is 11.3 Å². The van der Waals surface area contributed by atoms with E-state index in [2.05, 4.69) is 14.9 Å². The first-order valence-corrected chi connectivity index (χ1v) is 13.2. The Kier molecular flexibility index (Phi) is 5.70. The van der Waals surface area contributed by atoms with Crippen molar-refractivity contribution < 1.29 is 22.7 Å². The first-order valence-electron chi connectivity index (χ1n) is 13.2. The van der Waals surface area contributed by atoms with Gasteiger partial charge in [-0.2, -0.15) is 8.78 Å². The fourth-order valence-corrected chi connectivity index (χ4v) is 6.49. The molecule has 3 unspecified atom stereocenters. The van der Waals surface area contributed by atoms with Crippen LogP contribution in [0.1, 0.15) is 40.5 Å². The minimum atomic E-state index is -1.54. The topological polar surface area (TPSA) is 102 Å². The van der Waals surface area contributed by atoms with Crippen molar-refractivity contribution in [2.24, 2.45) is 11.8 Å². The zero-order chi connectivity index (χ0) is 27.7. The molecule has 1 saturated carbocycles. The number of nitrogens with two attached hydrogens (primary N) is 1. The van der Waals surface area contributed by atoms with Gasteiger partial charge in [-0.3, -0.25) is 9.20 Å². The lowest BCUT2D eigenvalue weighted by Gasteiger charge is -2.36.